The molecule has 0 atom stereocenters. The van der Waals surface area contributed by atoms with Gasteiger partial charge in [0, 0.05) is 49.1 Å². The van der Waals surface area contributed by atoms with E-state index in [0.717, 1.165) is 33.3 Å². The second kappa shape index (κ2) is 11.8. The van der Waals surface area contributed by atoms with Crippen molar-refractivity contribution in [3.63, 3.8) is 0 Å². The summed E-state index contributed by atoms with van der Waals surface area (Å²) in [6.45, 7) is 1.93. The Bertz CT molecular complexity index is 2260. The van der Waals surface area contributed by atoms with E-state index in [2.05, 4.69) is 34.2 Å². The summed E-state index contributed by atoms with van der Waals surface area (Å²) in [4.78, 5) is 18.5. The summed E-state index contributed by atoms with van der Waals surface area (Å²) in [6, 6.07) is 31.2. The molecule has 7 aromatic rings. The van der Waals surface area contributed by atoms with Crippen LogP contribution in [0.3, 0.4) is 0 Å². The average molecular weight is 807 g/mol. The van der Waals surface area contributed by atoms with E-state index in [4.69, 9.17) is 14.4 Å². The number of aromatic nitrogens is 4. The molecule has 2 fully saturated rings. The van der Waals surface area contributed by atoms with Crippen LogP contribution in [0.1, 0.15) is 55.5 Å². The first-order chi connectivity index (χ1) is 23.1. The quantitative estimate of drug-likeness (QED) is 0.163. The van der Waals surface area contributed by atoms with E-state index < -0.39 is 0 Å². The predicted octanol–water partition coefficient (Wildman–Crippen LogP) is 9.76. The molecule has 0 saturated heterocycles. The molecule has 3 aliphatic carbocycles. The van der Waals surface area contributed by atoms with E-state index in [1.54, 1.807) is 24.4 Å². The third-order valence-corrected chi connectivity index (χ3v) is 10.7. The van der Waals surface area contributed by atoms with Crippen LogP contribution < -0.4 is 0 Å². The number of furan rings is 1. The van der Waals surface area contributed by atoms with Crippen molar-refractivity contribution in [3.8, 4) is 33.6 Å². The molecule has 2 saturated carbocycles. The van der Waals surface area contributed by atoms with Crippen LogP contribution in [0, 0.1) is 24.9 Å². The Morgan fingerprint density at radius 2 is 1.56 bits per heavy atom. The largest absolute Gasteiger partial charge is 0.486 e. The zero-order chi connectivity index (χ0) is 31.6. The minimum absolute atomic E-state index is 0. The molecule has 0 unspecified atom stereocenters. The van der Waals surface area contributed by atoms with E-state index >= 15 is 0 Å². The molecule has 5 aromatic heterocycles. The molecule has 7 heteroatoms. The standard InChI is InChI=1S/C23H14FN2O.C18H17N2.Ir/c1-14-9-10-18-17-6-4-7-19(22(17)27-23(18)26-14)21-13-15(11-12-25-21)16-5-2-3-8-20(16)24;1-5-13-15-14(6-2-11-19-15)17-7-3-9-18(17,10-4-8-17)16(13)20-12-1;/h2-6,8-13H,1H3;1-2,6,11-12H,3-4,7-10H2;/q2*-1;. The summed E-state index contributed by atoms with van der Waals surface area (Å²) in [5.74, 6) is -0.264. The maximum Gasteiger partial charge on any atom is 0.216 e. The van der Waals surface area contributed by atoms with Gasteiger partial charge in [0.2, 0.25) is 5.71 Å². The SMILES string of the molecule is Cc1ccc2c(n1)oc1c(-c3cc(-c4ccccc4F)ccn3)[c-]ccc12.[Ir].[c-]1ccnc2c1-c1ncccc1C13CCCC21CCC3. The van der Waals surface area contributed by atoms with Gasteiger partial charge in [-0.25, -0.2) is 9.37 Å². The zero-order valence-corrected chi connectivity index (χ0v) is 28.8. The Kier molecular flexibility index (Phi) is 7.58. The summed E-state index contributed by atoms with van der Waals surface area (Å²) in [7, 11) is 0. The Morgan fingerprint density at radius 1 is 0.750 bits per heavy atom. The maximum absolute atomic E-state index is 14.2. The van der Waals surface area contributed by atoms with Crippen LogP contribution in [-0.2, 0) is 30.9 Å². The summed E-state index contributed by atoms with van der Waals surface area (Å²) in [5.41, 5.74) is 10.6. The van der Waals surface area contributed by atoms with Gasteiger partial charge < -0.3 is 19.4 Å². The van der Waals surface area contributed by atoms with Gasteiger partial charge in [-0.3, -0.25) is 0 Å². The normalized spacial score (nSPS) is 20.2. The molecule has 0 amide bonds. The molecule has 0 aliphatic heterocycles. The number of pyridine rings is 4. The molecule has 10 rings (SSSR count). The molecular weight excluding hydrogens is 776 g/mol. The molecule has 1 radical (unpaired) electrons. The Morgan fingerprint density at radius 3 is 2.42 bits per heavy atom. The molecule has 48 heavy (non-hydrogen) atoms. The second-order valence-corrected chi connectivity index (χ2v) is 13.0. The van der Waals surface area contributed by atoms with Crippen LogP contribution in [0.15, 0.2) is 102 Å². The van der Waals surface area contributed by atoms with Crippen LogP contribution in [0.4, 0.5) is 4.39 Å². The van der Waals surface area contributed by atoms with Gasteiger partial charge in [0.25, 0.3) is 0 Å². The van der Waals surface area contributed by atoms with Crippen LogP contribution in [0.25, 0.3) is 55.7 Å². The summed E-state index contributed by atoms with van der Waals surface area (Å²) < 4.78 is 20.2. The molecule has 3 aliphatic rings. The summed E-state index contributed by atoms with van der Waals surface area (Å²) >= 11 is 0. The fraction of sp³-hybridized carbons (Fsp3) is 0.220. The van der Waals surface area contributed by atoms with E-state index in [-0.39, 0.29) is 31.3 Å². The van der Waals surface area contributed by atoms with Crippen molar-refractivity contribution >= 4 is 22.1 Å². The molecule has 5 heterocycles. The molecular formula is C41H31FIrN4O-2. The molecule has 5 nitrogen and oxygen atoms in total. The van der Waals surface area contributed by atoms with Crippen LogP contribution in [0.2, 0.25) is 0 Å². The average Bonchev–Trinajstić information content (AvgIpc) is 3.80. The number of hydrogen-bond donors (Lipinski definition) is 0. The monoisotopic (exact) mass is 807 g/mol. The first-order valence-electron chi connectivity index (χ1n) is 16.3. The van der Waals surface area contributed by atoms with Crippen molar-refractivity contribution in [1.29, 1.82) is 0 Å². The van der Waals surface area contributed by atoms with Gasteiger partial charge in [-0.2, -0.15) is 0 Å². The smallest absolute Gasteiger partial charge is 0.216 e. The Balaban J connectivity index is 0.000000143. The molecule has 239 valence electrons. The zero-order valence-electron chi connectivity index (χ0n) is 26.4. The first-order valence-corrected chi connectivity index (χ1v) is 16.3. The number of rotatable bonds is 2. The molecule has 0 bridgehead atoms. The van der Waals surface area contributed by atoms with Crippen molar-refractivity contribution in [1.82, 2.24) is 19.9 Å². The van der Waals surface area contributed by atoms with Crippen LogP contribution in [0.5, 0.6) is 0 Å². The van der Waals surface area contributed by atoms with Gasteiger partial charge in [0.15, 0.2) is 0 Å². The van der Waals surface area contributed by atoms with Gasteiger partial charge in [0.1, 0.15) is 5.82 Å². The fourth-order valence-corrected chi connectivity index (χ4v) is 8.82. The maximum atomic E-state index is 14.2. The molecule has 0 N–H and O–H groups in total. The predicted molar refractivity (Wildman–Crippen MR) is 181 cm³/mol. The molecule has 2 aromatic carbocycles. The molecule has 0 spiro atoms. The minimum Gasteiger partial charge on any atom is -0.486 e. The van der Waals surface area contributed by atoms with Gasteiger partial charge in [-0.05, 0) is 96.4 Å². The van der Waals surface area contributed by atoms with E-state index in [1.165, 1.54) is 61.4 Å². The van der Waals surface area contributed by atoms with Gasteiger partial charge in [0.05, 0.1) is 5.58 Å². The third-order valence-electron chi connectivity index (χ3n) is 10.7. The number of aryl methyl sites for hydroxylation is 1. The van der Waals surface area contributed by atoms with E-state index in [9.17, 15) is 4.39 Å². The van der Waals surface area contributed by atoms with Gasteiger partial charge >= 0.3 is 0 Å². The van der Waals surface area contributed by atoms with Crippen molar-refractivity contribution in [2.45, 2.75) is 56.3 Å². The van der Waals surface area contributed by atoms with Crippen molar-refractivity contribution < 1.29 is 28.9 Å². The Labute approximate surface area is 292 Å². The van der Waals surface area contributed by atoms with Crippen LogP contribution >= 0.6 is 0 Å². The Hall–Kier alpha value is -4.58. The van der Waals surface area contributed by atoms with Gasteiger partial charge in [-0.15, -0.1) is 35.9 Å². The van der Waals surface area contributed by atoms with E-state index in [0.29, 0.717) is 28.0 Å². The third kappa shape index (κ3) is 4.52. The minimum atomic E-state index is -0.264. The number of halogens is 1. The van der Waals surface area contributed by atoms with Gasteiger partial charge in [-0.1, -0.05) is 65.9 Å². The summed E-state index contributed by atoms with van der Waals surface area (Å²) in [6.07, 6.45) is 13.4. The first kappa shape index (κ1) is 30.7. The van der Waals surface area contributed by atoms with Crippen LogP contribution in [-0.4, -0.2) is 19.9 Å². The van der Waals surface area contributed by atoms with Crippen molar-refractivity contribution in [3.05, 3.63) is 132 Å². The van der Waals surface area contributed by atoms with Crippen molar-refractivity contribution in [2.75, 3.05) is 0 Å². The fourth-order valence-electron chi connectivity index (χ4n) is 8.82. The number of fused-ring (bicyclic) bond motifs is 6. The summed E-state index contributed by atoms with van der Waals surface area (Å²) in [5, 5.41) is 1.92. The number of nitrogens with zero attached hydrogens (tertiary/aromatic N) is 4. The number of hydrogen-bond acceptors (Lipinski definition) is 5. The van der Waals surface area contributed by atoms with Crippen molar-refractivity contribution in [2.24, 2.45) is 0 Å². The van der Waals surface area contributed by atoms with E-state index in [1.807, 2.05) is 61.8 Å². The second-order valence-electron chi connectivity index (χ2n) is 13.0. The topological polar surface area (TPSA) is 64.7 Å². The number of benzene rings is 2.